The lowest BCUT2D eigenvalue weighted by Gasteiger charge is -2.14. The third-order valence-corrected chi connectivity index (χ3v) is 2.90. The van der Waals surface area contributed by atoms with Crippen molar-refractivity contribution < 1.29 is 22.8 Å². The molecular formula is C14H9ClF3N3O2. The van der Waals surface area contributed by atoms with Gasteiger partial charge in [0.05, 0.1) is 23.1 Å². The summed E-state index contributed by atoms with van der Waals surface area (Å²) < 4.78 is 38.7. The first-order valence-electron chi connectivity index (χ1n) is 6.16. The smallest absolute Gasteiger partial charge is 0.317 e. The van der Waals surface area contributed by atoms with Gasteiger partial charge in [0.25, 0.3) is 0 Å². The molecule has 0 radical (unpaired) electrons. The predicted molar refractivity (Wildman–Crippen MR) is 78.0 cm³/mol. The third-order valence-electron chi connectivity index (χ3n) is 2.66. The number of alkyl halides is 3. The van der Waals surface area contributed by atoms with Crippen molar-refractivity contribution in [3.63, 3.8) is 0 Å². The van der Waals surface area contributed by atoms with Gasteiger partial charge in [0.1, 0.15) is 0 Å². The van der Waals surface area contributed by atoms with Crippen molar-refractivity contribution >= 4 is 34.8 Å². The minimum atomic E-state index is -4.73. The maximum atomic E-state index is 12.9. The highest BCUT2D eigenvalue weighted by Crippen LogP contribution is 2.36. The van der Waals surface area contributed by atoms with Gasteiger partial charge in [-0.2, -0.15) is 13.2 Å². The number of aromatic nitrogens is 1. The molecule has 0 aliphatic heterocycles. The van der Waals surface area contributed by atoms with Gasteiger partial charge in [-0.05, 0) is 30.3 Å². The molecule has 2 amide bonds. The van der Waals surface area contributed by atoms with E-state index in [1.54, 1.807) is 0 Å². The first kappa shape index (κ1) is 16.8. The summed E-state index contributed by atoms with van der Waals surface area (Å²) in [6, 6.07) is 5.80. The number of carbonyl (C=O) groups is 2. The van der Waals surface area contributed by atoms with Gasteiger partial charge >= 0.3 is 18.0 Å². The minimum absolute atomic E-state index is 0.143. The molecule has 0 unspecified atom stereocenters. The van der Waals surface area contributed by atoms with E-state index in [0.29, 0.717) is 6.07 Å². The number of carbonyl (C=O) groups excluding carboxylic acids is 2. The van der Waals surface area contributed by atoms with Gasteiger partial charge in [-0.3, -0.25) is 14.6 Å². The van der Waals surface area contributed by atoms with E-state index in [0.717, 1.165) is 6.07 Å². The van der Waals surface area contributed by atoms with Gasteiger partial charge in [0, 0.05) is 11.2 Å². The lowest BCUT2D eigenvalue weighted by atomic mass is 10.1. The van der Waals surface area contributed by atoms with E-state index in [-0.39, 0.29) is 10.7 Å². The highest BCUT2D eigenvalue weighted by atomic mass is 35.5. The lowest BCUT2D eigenvalue weighted by Crippen LogP contribution is -2.30. The van der Waals surface area contributed by atoms with Gasteiger partial charge in [-0.25, -0.2) is 0 Å². The molecular weight excluding hydrogens is 335 g/mol. The fourth-order valence-corrected chi connectivity index (χ4v) is 1.84. The Kier molecular flexibility index (Phi) is 4.85. The molecule has 0 spiro atoms. The highest BCUT2D eigenvalue weighted by Gasteiger charge is 2.34. The maximum absolute atomic E-state index is 12.9. The van der Waals surface area contributed by atoms with Crippen molar-refractivity contribution in [2.45, 2.75) is 6.18 Å². The molecule has 2 N–H and O–H groups in total. The third kappa shape index (κ3) is 4.43. The number of hydrogen-bond acceptors (Lipinski definition) is 3. The maximum Gasteiger partial charge on any atom is 0.418 e. The number of anilines is 2. The molecule has 0 aliphatic rings. The normalized spacial score (nSPS) is 11.0. The zero-order valence-corrected chi connectivity index (χ0v) is 12.1. The molecule has 2 rings (SSSR count). The summed E-state index contributed by atoms with van der Waals surface area (Å²) >= 11 is 5.53. The number of rotatable bonds is 2. The van der Waals surface area contributed by atoms with Gasteiger partial charge in [0.2, 0.25) is 0 Å². The van der Waals surface area contributed by atoms with Crippen molar-refractivity contribution in [1.29, 1.82) is 0 Å². The summed E-state index contributed by atoms with van der Waals surface area (Å²) in [5, 5.41) is 3.98. The van der Waals surface area contributed by atoms with Crippen LogP contribution in [0.1, 0.15) is 5.56 Å². The Morgan fingerprint density at radius 1 is 1.09 bits per heavy atom. The molecule has 0 saturated carbocycles. The van der Waals surface area contributed by atoms with Crippen LogP contribution in [0.25, 0.3) is 0 Å². The first-order valence-corrected chi connectivity index (χ1v) is 6.54. The number of amides is 2. The lowest BCUT2D eigenvalue weighted by molar-refractivity contribution is -0.137. The summed E-state index contributed by atoms with van der Waals surface area (Å²) in [4.78, 5) is 27.2. The Balaban J connectivity index is 2.16. The van der Waals surface area contributed by atoms with Crippen LogP contribution in [0.2, 0.25) is 5.02 Å². The van der Waals surface area contributed by atoms with Crippen molar-refractivity contribution in [3.05, 3.63) is 53.3 Å². The van der Waals surface area contributed by atoms with Crippen LogP contribution in [0.5, 0.6) is 0 Å². The molecule has 0 bridgehead atoms. The molecule has 1 aromatic heterocycles. The second-order valence-electron chi connectivity index (χ2n) is 4.34. The molecule has 23 heavy (non-hydrogen) atoms. The number of nitrogens with zero attached hydrogens (tertiary/aromatic N) is 1. The summed E-state index contributed by atoms with van der Waals surface area (Å²) in [5.41, 5.74) is -1.47. The van der Waals surface area contributed by atoms with Crippen LogP contribution in [0.4, 0.5) is 24.5 Å². The van der Waals surface area contributed by atoms with E-state index >= 15 is 0 Å². The fraction of sp³-hybridized carbons (Fsp3) is 0.0714. The van der Waals surface area contributed by atoms with E-state index < -0.39 is 29.2 Å². The molecule has 5 nitrogen and oxygen atoms in total. The number of nitrogens with one attached hydrogen (secondary N) is 2. The largest absolute Gasteiger partial charge is 0.418 e. The van der Waals surface area contributed by atoms with Gasteiger partial charge in [-0.1, -0.05) is 11.6 Å². The molecule has 0 saturated heterocycles. The monoisotopic (exact) mass is 343 g/mol. The number of hydrogen-bond donors (Lipinski definition) is 2. The summed E-state index contributed by atoms with van der Waals surface area (Å²) in [5.74, 6) is -2.37. The van der Waals surface area contributed by atoms with Crippen molar-refractivity contribution in [2.24, 2.45) is 0 Å². The molecule has 2 aromatic rings. The molecule has 1 heterocycles. The highest BCUT2D eigenvalue weighted by molar-refractivity contribution is 6.43. The van der Waals surface area contributed by atoms with Crippen LogP contribution in [0, 0.1) is 0 Å². The summed E-state index contributed by atoms with van der Waals surface area (Å²) in [6.45, 7) is 0. The van der Waals surface area contributed by atoms with Gasteiger partial charge in [0.15, 0.2) is 0 Å². The van der Waals surface area contributed by atoms with Crippen molar-refractivity contribution in [2.75, 3.05) is 10.6 Å². The molecule has 120 valence electrons. The fourth-order valence-electron chi connectivity index (χ4n) is 1.66. The second-order valence-corrected chi connectivity index (χ2v) is 4.77. The van der Waals surface area contributed by atoms with E-state index in [4.69, 9.17) is 11.6 Å². The molecule has 0 fully saturated rings. The first-order chi connectivity index (χ1) is 10.8. The molecule has 1 aromatic carbocycles. The van der Waals surface area contributed by atoms with Crippen LogP contribution in [0.3, 0.4) is 0 Å². The van der Waals surface area contributed by atoms with Crippen molar-refractivity contribution in [1.82, 2.24) is 4.98 Å². The Morgan fingerprint density at radius 3 is 2.39 bits per heavy atom. The molecule has 9 heteroatoms. The summed E-state index contributed by atoms with van der Waals surface area (Å²) in [7, 11) is 0. The zero-order valence-electron chi connectivity index (χ0n) is 11.3. The Morgan fingerprint density at radius 2 is 1.78 bits per heavy atom. The second kappa shape index (κ2) is 6.66. The SMILES string of the molecule is O=C(Nc1cccnc1)C(=O)Nc1ccc(Cl)cc1C(F)(F)F. The number of benzene rings is 1. The zero-order chi connectivity index (χ0) is 17.0. The topological polar surface area (TPSA) is 71.1 Å². The van der Waals surface area contributed by atoms with Crippen LogP contribution < -0.4 is 10.6 Å². The van der Waals surface area contributed by atoms with E-state index in [2.05, 4.69) is 10.3 Å². The molecule has 0 aliphatic carbocycles. The van der Waals surface area contributed by atoms with Crippen LogP contribution in [-0.2, 0) is 15.8 Å². The average molecular weight is 344 g/mol. The quantitative estimate of drug-likeness (QED) is 0.822. The van der Waals surface area contributed by atoms with Crippen LogP contribution in [0.15, 0.2) is 42.7 Å². The van der Waals surface area contributed by atoms with Gasteiger partial charge in [-0.15, -0.1) is 0 Å². The number of pyridine rings is 1. The van der Waals surface area contributed by atoms with Crippen molar-refractivity contribution in [3.8, 4) is 0 Å². The average Bonchev–Trinajstić information content (AvgIpc) is 2.49. The van der Waals surface area contributed by atoms with E-state index in [9.17, 15) is 22.8 Å². The predicted octanol–water partition coefficient (Wildman–Crippen LogP) is 3.33. The number of halogens is 4. The van der Waals surface area contributed by atoms with E-state index in [1.165, 1.54) is 30.6 Å². The van der Waals surface area contributed by atoms with Crippen LogP contribution in [-0.4, -0.2) is 16.8 Å². The Bertz CT molecular complexity index is 736. The van der Waals surface area contributed by atoms with Gasteiger partial charge < -0.3 is 10.6 Å². The Labute approximate surface area is 133 Å². The van der Waals surface area contributed by atoms with Crippen LogP contribution >= 0.6 is 11.6 Å². The Hall–Kier alpha value is -2.61. The summed E-state index contributed by atoms with van der Waals surface area (Å²) in [6.07, 6.45) is -1.99. The standard InChI is InChI=1S/C14H9ClF3N3O2/c15-8-3-4-11(10(6-8)14(16,17)18)21-13(23)12(22)20-9-2-1-5-19-7-9/h1-7H,(H,20,22)(H,21,23). The minimum Gasteiger partial charge on any atom is -0.317 e. The molecule has 0 atom stereocenters. The van der Waals surface area contributed by atoms with E-state index in [1.807, 2.05) is 5.32 Å².